The Labute approximate surface area is 132 Å². The number of methoxy groups -OCH3 is 1. The largest absolute Gasteiger partial charge is 0.385 e. The maximum absolute atomic E-state index is 12.5. The second-order valence-electron chi connectivity index (χ2n) is 5.23. The second-order valence-corrected chi connectivity index (χ2v) is 7.24. The van der Waals surface area contributed by atoms with Gasteiger partial charge in [0.1, 0.15) is 0 Å². The lowest BCUT2D eigenvalue weighted by molar-refractivity contribution is -0.121. The third kappa shape index (κ3) is 5.08. The summed E-state index contributed by atoms with van der Waals surface area (Å²) in [7, 11) is -0.676. The Balaban J connectivity index is 2.72. The zero-order valence-electron chi connectivity index (χ0n) is 13.5. The number of rotatable bonds is 8. The molecule has 0 atom stereocenters. The van der Waals surface area contributed by atoms with Gasteiger partial charge in [-0.2, -0.15) is 4.31 Å². The molecule has 0 saturated heterocycles. The fourth-order valence-corrected chi connectivity index (χ4v) is 3.37. The van der Waals surface area contributed by atoms with Crippen molar-refractivity contribution in [2.75, 3.05) is 33.9 Å². The van der Waals surface area contributed by atoms with Crippen LogP contribution in [0.4, 0.5) is 0 Å². The molecule has 1 rings (SSSR count). The van der Waals surface area contributed by atoms with Crippen LogP contribution in [0.3, 0.4) is 0 Å². The lowest BCUT2D eigenvalue weighted by Gasteiger charge is -2.18. The molecule has 0 radical (unpaired) electrons. The third-order valence-electron chi connectivity index (χ3n) is 3.25. The van der Waals surface area contributed by atoms with Gasteiger partial charge in [-0.25, -0.2) is 8.42 Å². The first-order valence-corrected chi connectivity index (χ1v) is 8.52. The molecule has 1 amide bonds. The molecule has 7 heteroatoms. The van der Waals surface area contributed by atoms with Crippen molar-refractivity contribution in [2.24, 2.45) is 0 Å². The Bertz CT molecular complexity index is 614. The van der Waals surface area contributed by atoms with Crippen molar-refractivity contribution in [2.45, 2.75) is 25.2 Å². The van der Waals surface area contributed by atoms with Crippen LogP contribution in [0.1, 0.15) is 17.5 Å². The Hall–Kier alpha value is -1.44. The highest BCUT2D eigenvalue weighted by molar-refractivity contribution is 7.89. The van der Waals surface area contributed by atoms with Gasteiger partial charge in [0.2, 0.25) is 15.9 Å². The number of nitrogens with one attached hydrogen (secondary N) is 1. The average molecular weight is 328 g/mol. The summed E-state index contributed by atoms with van der Waals surface area (Å²) in [6.45, 7) is 4.38. The Morgan fingerprint density at radius 1 is 1.32 bits per heavy atom. The summed E-state index contributed by atoms with van der Waals surface area (Å²) in [5, 5.41) is 2.67. The molecule has 0 aliphatic rings. The van der Waals surface area contributed by atoms with E-state index < -0.39 is 10.0 Å². The number of benzene rings is 1. The van der Waals surface area contributed by atoms with Crippen LogP contribution in [-0.4, -0.2) is 52.5 Å². The third-order valence-corrected chi connectivity index (χ3v) is 5.19. The molecule has 6 nitrogen and oxygen atoms in total. The molecular weight excluding hydrogens is 304 g/mol. The van der Waals surface area contributed by atoms with Crippen LogP contribution < -0.4 is 5.32 Å². The van der Waals surface area contributed by atoms with E-state index in [1.54, 1.807) is 26.2 Å². The van der Waals surface area contributed by atoms with Gasteiger partial charge in [-0.3, -0.25) is 4.79 Å². The summed E-state index contributed by atoms with van der Waals surface area (Å²) in [6.07, 6.45) is 0.690. The van der Waals surface area contributed by atoms with Gasteiger partial charge in [0.05, 0.1) is 11.4 Å². The predicted molar refractivity (Wildman–Crippen MR) is 85.2 cm³/mol. The fourth-order valence-electron chi connectivity index (χ4n) is 1.94. The molecule has 1 N–H and O–H groups in total. The summed E-state index contributed by atoms with van der Waals surface area (Å²) < 4.78 is 31.0. The van der Waals surface area contributed by atoms with E-state index >= 15 is 0 Å². The number of carbonyl (C=O) groups excluding carboxylic acids is 1. The molecular formula is C15H24N2O4S. The van der Waals surface area contributed by atoms with Gasteiger partial charge in [-0.05, 0) is 37.5 Å². The molecule has 0 fully saturated rings. The molecule has 0 aliphatic carbocycles. The highest BCUT2D eigenvalue weighted by atomic mass is 32.2. The van der Waals surface area contributed by atoms with E-state index in [0.717, 1.165) is 9.87 Å². The zero-order chi connectivity index (χ0) is 16.8. The Morgan fingerprint density at radius 2 is 2.00 bits per heavy atom. The highest BCUT2D eigenvalue weighted by Gasteiger charge is 2.24. The van der Waals surface area contributed by atoms with Gasteiger partial charge in [0, 0.05) is 27.3 Å². The topological polar surface area (TPSA) is 75.7 Å². The molecule has 0 bridgehead atoms. The Morgan fingerprint density at radius 3 is 2.64 bits per heavy atom. The highest BCUT2D eigenvalue weighted by Crippen LogP contribution is 2.20. The van der Waals surface area contributed by atoms with E-state index in [1.165, 1.54) is 7.05 Å². The van der Waals surface area contributed by atoms with Gasteiger partial charge in [0.25, 0.3) is 0 Å². The number of aryl methyl sites for hydroxylation is 2. The van der Waals surface area contributed by atoms with Gasteiger partial charge in [0.15, 0.2) is 0 Å². The fraction of sp³-hybridized carbons (Fsp3) is 0.533. The van der Waals surface area contributed by atoms with Crippen LogP contribution in [0.2, 0.25) is 0 Å². The van der Waals surface area contributed by atoms with E-state index in [0.29, 0.717) is 25.1 Å². The van der Waals surface area contributed by atoms with Crippen molar-refractivity contribution in [3.05, 3.63) is 29.3 Å². The Kier molecular flexibility index (Phi) is 6.99. The summed E-state index contributed by atoms with van der Waals surface area (Å²) in [5.41, 5.74) is 1.53. The quantitative estimate of drug-likeness (QED) is 0.725. The minimum absolute atomic E-state index is 0.206. The van der Waals surface area contributed by atoms with Crippen molar-refractivity contribution in [3.8, 4) is 0 Å². The number of carbonyl (C=O) groups is 1. The predicted octanol–water partition coefficient (Wildman–Crippen LogP) is 1.08. The number of likely N-dealkylation sites (N-methyl/N-ethyl adjacent to an activating group) is 1. The number of nitrogens with zero attached hydrogens (tertiary/aromatic N) is 1. The number of ether oxygens (including phenoxy) is 1. The number of hydrogen-bond acceptors (Lipinski definition) is 4. The van der Waals surface area contributed by atoms with E-state index in [-0.39, 0.29) is 17.3 Å². The number of hydrogen-bond donors (Lipinski definition) is 1. The molecule has 0 spiro atoms. The maximum atomic E-state index is 12.5. The van der Waals surface area contributed by atoms with Crippen molar-refractivity contribution in [1.29, 1.82) is 0 Å². The van der Waals surface area contributed by atoms with Gasteiger partial charge in [-0.15, -0.1) is 0 Å². The summed E-state index contributed by atoms with van der Waals surface area (Å²) in [5.74, 6) is -0.326. The molecule has 124 valence electrons. The SMILES string of the molecule is COCCCNC(=O)CN(C)S(=O)(=O)c1cc(C)ccc1C. The first-order valence-electron chi connectivity index (χ1n) is 7.08. The maximum Gasteiger partial charge on any atom is 0.243 e. The van der Waals surface area contributed by atoms with Crippen molar-refractivity contribution in [3.63, 3.8) is 0 Å². The monoisotopic (exact) mass is 328 g/mol. The van der Waals surface area contributed by atoms with Crippen LogP contribution in [0.5, 0.6) is 0 Å². The lowest BCUT2D eigenvalue weighted by Crippen LogP contribution is -2.39. The van der Waals surface area contributed by atoms with Crippen LogP contribution in [0, 0.1) is 13.8 Å². The average Bonchev–Trinajstić information content (AvgIpc) is 2.46. The molecule has 0 heterocycles. The van der Waals surface area contributed by atoms with E-state index in [9.17, 15) is 13.2 Å². The first-order chi connectivity index (χ1) is 10.3. The normalized spacial score (nSPS) is 11.7. The minimum Gasteiger partial charge on any atom is -0.385 e. The molecule has 22 heavy (non-hydrogen) atoms. The van der Waals surface area contributed by atoms with Gasteiger partial charge in [-0.1, -0.05) is 12.1 Å². The smallest absolute Gasteiger partial charge is 0.243 e. The molecule has 1 aromatic carbocycles. The minimum atomic E-state index is -3.67. The molecule has 0 saturated carbocycles. The second kappa shape index (κ2) is 8.26. The van der Waals surface area contributed by atoms with Crippen LogP contribution >= 0.6 is 0 Å². The first kappa shape index (κ1) is 18.6. The molecule has 1 aromatic rings. The molecule has 0 aliphatic heterocycles. The summed E-state index contributed by atoms with van der Waals surface area (Å²) in [6, 6.07) is 5.25. The van der Waals surface area contributed by atoms with Crippen LogP contribution in [-0.2, 0) is 19.6 Å². The van der Waals surface area contributed by atoms with Crippen LogP contribution in [0.25, 0.3) is 0 Å². The summed E-state index contributed by atoms with van der Waals surface area (Å²) >= 11 is 0. The van der Waals surface area contributed by atoms with Crippen molar-refractivity contribution in [1.82, 2.24) is 9.62 Å². The van der Waals surface area contributed by atoms with Gasteiger partial charge >= 0.3 is 0 Å². The zero-order valence-corrected chi connectivity index (χ0v) is 14.4. The lowest BCUT2D eigenvalue weighted by atomic mass is 10.2. The number of amides is 1. The standard InChI is InChI=1S/C15H24N2O4S/c1-12-6-7-13(2)14(10-12)22(19,20)17(3)11-15(18)16-8-5-9-21-4/h6-7,10H,5,8-9,11H2,1-4H3,(H,16,18). The molecule has 0 unspecified atom stereocenters. The molecule has 0 aromatic heterocycles. The van der Waals surface area contributed by atoms with E-state index in [4.69, 9.17) is 4.74 Å². The summed E-state index contributed by atoms with van der Waals surface area (Å²) in [4.78, 5) is 12.0. The van der Waals surface area contributed by atoms with E-state index in [2.05, 4.69) is 5.32 Å². The van der Waals surface area contributed by atoms with Gasteiger partial charge < -0.3 is 10.1 Å². The van der Waals surface area contributed by atoms with E-state index in [1.807, 2.05) is 13.0 Å². The van der Waals surface area contributed by atoms with Crippen molar-refractivity contribution < 1.29 is 17.9 Å². The van der Waals surface area contributed by atoms with Crippen LogP contribution in [0.15, 0.2) is 23.1 Å². The van der Waals surface area contributed by atoms with Crippen molar-refractivity contribution >= 4 is 15.9 Å². The number of sulfonamides is 1.